The van der Waals surface area contributed by atoms with E-state index in [-0.39, 0.29) is 5.41 Å². The first kappa shape index (κ1) is 30.4. The maximum absolute atomic E-state index is 2.41. The van der Waals surface area contributed by atoms with Crippen LogP contribution in [0.5, 0.6) is 0 Å². The normalized spacial score (nSPS) is 13.0. The predicted octanol–water partition coefficient (Wildman–Crippen LogP) is 14.3. The van der Waals surface area contributed by atoms with Gasteiger partial charge in [-0.15, -0.1) is 0 Å². The van der Waals surface area contributed by atoms with Gasteiger partial charge in [-0.25, -0.2) is 0 Å². The first-order valence-corrected chi connectivity index (χ1v) is 18.2. The molecule has 0 unspecified atom stereocenters. The Morgan fingerprint density at radius 2 is 1.04 bits per heavy atom. The molecule has 0 N–H and O–H groups in total. The first-order valence-electron chi connectivity index (χ1n) is 18.2. The zero-order chi connectivity index (χ0) is 34.8. The van der Waals surface area contributed by atoms with Gasteiger partial charge < -0.3 is 4.90 Å². The van der Waals surface area contributed by atoms with Crippen LogP contribution < -0.4 is 4.90 Å². The highest BCUT2D eigenvalue weighted by molar-refractivity contribution is 6.08. The lowest BCUT2D eigenvalue weighted by molar-refractivity contribution is 0.666. The van der Waals surface area contributed by atoms with Crippen LogP contribution in [0.3, 0.4) is 0 Å². The molecule has 246 valence electrons. The molecule has 9 aromatic rings. The van der Waals surface area contributed by atoms with Crippen molar-refractivity contribution in [2.75, 3.05) is 4.90 Å². The Morgan fingerprint density at radius 3 is 1.87 bits per heavy atom. The highest BCUT2D eigenvalue weighted by Gasteiger charge is 2.38. The summed E-state index contributed by atoms with van der Waals surface area (Å²) in [5, 5.41) is 7.54. The minimum absolute atomic E-state index is 0.0857. The topological polar surface area (TPSA) is 3.24 Å². The van der Waals surface area contributed by atoms with Crippen LogP contribution in [-0.4, -0.2) is 0 Å². The molecule has 52 heavy (non-hydrogen) atoms. The van der Waals surface area contributed by atoms with E-state index in [1.807, 2.05) is 0 Å². The van der Waals surface area contributed by atoms with E-state index in [1.54, 1.807) is 0 Å². The van der Waals surface area contributed by atoms with Crippen molar-refractivity contribution >= 4 is 49.4 Å². The molecule has 0 amide bonds. The third kappa shape index (κ3) is 4.70. The maximum Gasteiger partial charge on any atom is 0.0540 e. The van der Waals surface area contributed by atoms with Gasteiger partial charge in [-0.3, -0.25) is 0 Å². The molecule has 0 radical (unpaired) electrons. The molecule has 10 rings (SSSR count). The Morgan fingerprint density at radius 1 is 0.385 bits per heavy atom. The predicted molar refractivity (Wildman–Crippen MR) is 222 cm³/mol. The number of para-hydroxylation sites is 1. The summed E-state index contributed by atoms with van der Waals surface area (Å²) >= 11 is 0. The Bertz CT molecular complexity index is 2810. The van der Waals surface area contributed by atoms with Crippen LogP contribution in [0.1, 0.15) is 25.0 Å². The molecule has 0 bridgehead atoms. The van der Waals surface area contributed by atoms with Crippen molar-refractivity contribution in [2.45, 2.75) is 19.3 Å². The largest absolute Gasteiger partial charge is 0.310 e. The van der Waals surface area contributed by atoms with Crippen molar-refractivity contribution in [3.05, 3.63) is 199 Å². The number of nitrogens with zero attached hydrogens (tertiary/aromatic N) is 1. The molecular weight excluding hydrogens is 627 g/mol. The molecule has 0 aromatic heterocycles. The van der Waals surface area contributed by atoms with E-state index in [2.05, 4.69) is 207 Å². The zero-order valence-electron chi connectivity index (χ0n) is 29.3. The molecule has 0 atom stereocenters. The Hall–Kier alpha value is -6.44. The van der Waals surface area contributed by atoms with Gasteiger partial charge in [-0.05, 0) is 114 Å². The lowest BCUT2D eigenvalue weighted by atomic mass is 9.79. The lowest BCUT2D eigenvalue weighted by Gasteiger charge is -2.28. The molecule has 0 fully saturated rings. The van der Waals surface area contributed by atoms with Gasteiger partial charge in [0.25, 0.3) is 0 Å². The van der Waals surface area contributed by atoms with Crippen LogP contribution in [0.2, 0.25) is 0 Å². The monoisotopic (exact) mass is 663 g/mol. The summed E-state index contributed by atoms with van der Waals surface area (Å²) in [4.78, 5) is 2.40. The molecule has 1 heteroatoms. The van der Waals surface area contributed by atoms with Gasteiger partial charge in [0.1, 0.15) is 0 Å². The second-order valence-electron chi connectivity index (χ2n) is 14.5. The Kier molecular flexibility index (Phi) is 6.91. The van der Waals surface area contributed by atoms with E-state index in [0.29, 0.717) is 0 Å². The second-order valence-corrected chi connectivity index (χ2v) is 14.5. The van der Waals surface area contributed by atoms with Crippen molar-refractivity contribution in [1.29, 1.82) is 0 Å². The number of hydrogen-bond donors (Lipinski definition) is 0. The number of rotatable bonds is 5. The van der Waals surface area contributed by atoms with Crippen molar-refractivity contribution in [3.63, 3.8) is 0 Å². The third-order valence-corrected chi connectivity index (χ3v) is 11.2. The smallest absolute Gasteiger partial charge is 0.0540 e. The van der Waals surface area contributed by atoms with Crippen LogP contribution in [0.4, 0.5) is 17.1 Å². The number of fused-ring (bicyclic) bond motifs is 7. The molecule has 1 nitrogen and oxygen atoms in total. The van der Waals surface area contributed by atoms with Crippen LogP contribution in [0.15, 0.2) is 188 Å². The van der Waals surface area contributed by atoms with Crippen LogP contribution in [0, 0.1) is 0 Å². The number of benzene rings is 9. The average Bonchev–Trinajstić information content (AvgIpc) is 3.45. The highest BCUT2D eigenvalue weighted by Crippen LogP contribution is 2.55. The standard InChI is InChI=1S/C51H37N/c1-51(2)47-24-14-13-23-45(47)49-46(33-37-17-9-10-20-42(37)50(49)51)38-26-25-36-32-40(28-27-35(36)31-38)52(39-18-7-4-8-19-39)48-30-29-41(34-15-5-3-6-16-34)43-21-11-12-22-44(43)48/h3-33H,1-2H3. The fourth-order valence-corrected chi connectivity index (χ4v) is 8.78. The fraction of sp³-hybridized carbons (Fsp3) is 0.0588. The highest BCUT2D eigenvalue weighted by atomic mass is 15.1. The van der Waals surface area contributed by atoms with E-state index < -0.39 is 0 Å². The van der Waals surface area contributed by atoms with Gasteiger partial charge in [0, 0.05) is 22.2 Å². The Balaban J connectivity index is 1.14. The van der Waals surface area contributed by atoms with Gasteiger partial charge in [-0.2, -0.15) is 0 Å². The summed E-state index contributed by atoms with van der Waals surface area (Å²) in [7, 11) is 0. The maximum atomic E-state index is 2.41. The molecule has 1 aliphatic carbocycles. The molecule has 0 saturated heterocycles. The molecule has 0 heterocycles. The molecule has 9 aromatic carbocycles. The summed E-state index contributed by atoms with van der Waals surface area (Å²) in [6, 6.07) is 69.0. The minimum Gasteiger partial charge on any atom is -0.310 e. The van der Waals surface area contributed by atoms with E-state index in [4.69, 9.17) is 0 Å². The van der Waals surface area contributed by atoms with Gasteiger partial charge >= 0.3 is 0 Å². The SMILES string of the molecule is CC1(C)c2ccccc2-c2c(-c3ccc4cc(N(c5ccccc5)c5ccc(-c6ccccc6)c6ccccc56)ccc4c3)cc3ccccc3c21. The van der Waals surface area contributed by atoms with Crippen LogP contribution in [-0.2, 0) is 5.41 Å². The van der Waals surface area contributed by atoms with E-state index in [0.717, 1.165) is 17.1 Å². The van der Waals surface area contributed by atoms with Crippen molar-refractivity contribution in [1.82, 2.24) is 0 Å². The van der Waals surface area contributed by atoms with Gasteiger partial charge in [0.2, 0.25) is 0 Å². The van der Waals surface area contributed by atoms with Crippen LogP contribution >= 0.6 is 0 Å². The minimum atomic E-state index is -0.0857. The summed E-state index contributed by atoms with van der Waals surface area (Å²) in [5.41, 5.74) is 13.9. The van der Waals surface area contributed by atoms with Gasteiger partial charge in [-0.1, -0.05) is 159 Å². The fourth-order valence-electron chi connectivity index (χ4n) is 8.78. The van der Waals surface area contributed by atoms with Gasteiger partial charge in [0.15, 0.2) is 0 Å². The van der Waals surface area contributed by atoms with Crippen LogP contribution in [0.25, 0.3) is 65.7 Å². The quantitative estimate of drug-likeness (QED) is 0.177. The van der Waals surface area contributed by atoms with E-state index in [9.17, 15) is 0 Å². The van der Waals surface area contributed by atoms with Crippen molar-refractivity contribution < 1.29 is 0 Å². The number of anilines is 3. The summed E-state index contributed by atoms with van der Waals surface area (Å²) in [6.45, 7) is 4.76. The summed E-state index contributed by atoms with van der Waals surface area (Å²) in [6.07, 6.45) is 0. The molecule has 1 aliphatic rings. The van der Waals surface area contributed by atoms with E-state index >= 15 is 0 Å². The molecule has 0 saturated carbocycles. The number of hydrogen-bond acceptors (Lipinski definition) is 1. The van der Waals surface area contributed by atoms with Gasteiger partial charge in [0.05, 0.1) is 5.69 Å². The van der Waals surface area contributed by atoms with Crippen molar-refractivity contribution in [2.24, 2.45) is 0 Å². The van der Waals surface area contributed by atoms with Crippen molar-refractivity contribution in [3.8, 4) is 33.4 Å². The molecular formula is C51H37N. The summed E-state index contributed by atoms with van der Waals surface area (Å²) in [5.74, 6) is 0. The molecule has 0 aliphatic heterocycles. The molecule has 0 spiro atoms. The first-order chi connectivity index (χ1) is 25.6. The third-order valence-electron chi connectivity index (χ3n) is 11.2. The Labute approximate surface area is 305 Å². The summed E-state index contributed by atoms with van der Waals surface area (Å²) < 4.78 is 0. The van der Waals surface area contributed by atoms with E-state index in [1.165, 1.54) is 76.8 Å². The lowest BCUT2D eigenvalue weighted by Crippen LogP contribution is -2.15. The zero-order valence-corrected chi connectivity index (χ0v) is 29.3. The average molecular weight is 664 g/mol. The second kappa shape index (κ2) is 11.8.